The van der Waals surface area contributed by atoms with Crippen LogP contribution in [0.15, 0.2) is 24.4 Å². The number of ether oxygens (including phenoxy) is 4. The molecule has 11 heteroatoms. The van der Waals surface area contributed by atoms with E-state index in [1.807, 2.05) is 0 Å². The number of methoxy groups -OCH3 is 3. The first kappa shape index (κ1) is 29.7. The molecule has 2 heterocycles. The standard InChI is InChI=1S/C28H40N6O5/c1-8-34(9-2)13-11-12-18(4)30-20-16-24(33-28(35)39-10-3)32-27-25(20)29-17-21(31-27)19-14-22(36-5)26(38-7)23(15-19)37-6/h14-18H,8-13H2,1-7H3,(H2,30,31,32,33,35)/t18-/m1/s1. The zero-order valence-corrected chi connectivity index (χ0v) is 24.0. The molecule has 2 aromatic heterocycles. The highest BCUT2D eigenvalue weighted by Gasteiger charge is 2.18. The molecule has 0 aliphatic heterocycles. The number of amides is 1. The summed E-state index contributed by atoms with van der Waals surface area (Å²) < 4.78 is 21.5. The van der Waals surface area contributed by atoms with Crippen LogP contribution < -0.4 is 24.8 Å². The lowest BCUT2D eigenvalue weighted by molar-refractivity contribution is 0.168. The molecule has 0 unspecified atom stereocenters. The predicted octanol–water partition coefficient (Wildman–Crippen LogP) is 5.21. The van der Waals surface area contributed by atoms with Crippen LogP contribution >= 0.6 is 0 Å². The van der Waals surface area contributed by atoms with Crippen molar-refractivity contribution in [3.63, 3.8) is 0 Å². The van der Waals surface area contributed by atoms with Crippen LogP contribution in [0.25, 0.3) is 22.4 Å². The number of rotatable bonds is 14. The van der Waals surface area contributed by atoms with E-state index in [9.17, 15) is 4.79 Å². The SMILES string of the molecule is CCOC(=O)Nc1cc(N[C@H](C)CCCN(CC)CC)c2ncc(-c3cc(OC)c(OC)c(OC)c3)nc2n1. The summed E-state index contributed by atoms with van der Waals surface area (Å²) in [5, 5.41) is 6.23. The van der Waals surface area contributed by atoms with E-state index in [0.29, 0.717) is 45.5 Å². The van der Waals surface area contributed by atoms with Crippen LogP contribution in [0.4, 0.5) is 16.3 Å². The van der Waals surface area contributed by atoms with Crippen LogP contribution in [0.5, 0.6) is 17.2 Å². The first-order valence-corrected chi connectivity index (χ1v) is 13.3. The highest BCUT2D eigenvalue weighted by molar-refractivity contribution is 5.92. The summed E-state index contributed by atoms with van der Waals surface area (Å²) in [5.41, 5.74) is 2.96. The van der Waals surface area contributed by atoms with E-state index in [4.69, 9.17) is 28.9 Å². The van der Waals surface area contributed by atoms with Crippen molar-refractivity contribution in [2.24, 2.45) is 0 Å². The number of nitrogens with one attached hydrogen (secondary N) is 2. The van der Waals surface area contributed by atoms with E-state index < -0.39 is 6.09 Å². The number of aromatic nitrogens is 3. The third-order valence-electron chi connectivity index (χ3n) is 6.39. The molecule has 3 aromatic rings. The highest BCUT2D eigenvalue weighted by Crippen LogP contribution is 2.41. The molecule has 1 aromatic carbocycles. The molecule has 3 rings (SSSR count). The molecule has 11 nitrogen and oxygen atoms in total. The molecule has 1 amide bonds. The van der Waals surface area contributed by atoms with Gasteiger partial charge in [0.25, 0.3) is 0 Å². The van der Waals surface area contributed by atoms with Crippen LogP contribution in [0, 0.1) is 0 Å². The molecule has 2 N–H and O–H groups in total. The topological polar surface area (TPSA) is 120 Å². The smallest absolute Gasteiger partial charge is 0.412 e. The molecule has 1 atom stereocenters. The van der Waals surface area contributed by atoms with Gasteiger partial charge in [-0.25, -0.2) is 19.7 Å². The molecule has 39 heavy (non-hydrogen) atoms. The molecule has 0 saturated carbocycles. The first-order valence-electron chi connectivity index (χ1n) is 13.3. The number of carbonyl (C=O) groups is 1. The molecule has 0 spiro atoms. The number of hydrogen-bond acceptors (Lipinski definition) is 10. The van der Waals surface area contributed by atoms with Crippen molar-refractivity contribution in [2.75, 3.05) is 58.2 Å². The number of fused-ring (bicyclic) bond motifs is 1. The minimum absolute atomic E-state index is 0.165. The average molecular weight is 541 g/mol. The van der Waals surface area contributed by atoms with Gasteiger partial charge in [0.2, 0.25) is 5.75 Å². The van der Waals surface area contributed by atoms with Crippen molar-refractivity contribution in [2.45, 2.75) is 46.6 Å². The Balaban J connectivity index is 1.98. The normalized spacial score (nSPS) is 11.8. The van der Waals surface area contributed by atoms with Gasteiger partial charge < -0.3 is 29.2 Å². The summed E-state index contributed by atoms with van der Waals surface area (Å²) in [6.45, 7) is 11.6. The van der Waals surface area contributed by atoms with Crippen LogP contribution in [-0.2, 0) is 4.74 Å². The minimum Gasteiger partial charge on any atom is -0.493 e. The fourth-order valence-corrected chi connectivity index (χ4v) is 4.31. The summed E-state index contributed by atoms with van der Waals surface area (Å²) in [5.74, 6) is 1.80. The summed E-state index contributed by atoms with van der Waals surface area (Å²) >= 11 is 0. The Morgan fingerprint density at radius 2 is 1.69 bits per heavy atom. The quantitative estimate of drug-likeness (QED) is 0.282. The summed E-state index contributed by atoms with van der Waals surface area (Å²) in [4.78, 5) is 28.6. The maximum atomic E-state index is 12.2. The van der Waals surface area contributed by atoms with Gasteiger partial charge in [-0.05, 0) is 58.5 Å². The first-order chi connectivity index (χ1) is 18.9. The van der Waals surface area contributed by atoms with Gasteiger partial charge in [0.1, 0.15) is 11.3 Å². The van der Waals surface area contributed by atoms with Crippen LogP contribution in [0.1, 0.15) is 40.5 Å². The molecule has 0 saturated heterocycles. The van der Waals surface area contributed by atoms with Gasteiger partial charge in [-0.2, -0.15) is 0 Å². The van der Waals surface area contributed by atoms with Crippen molar-refractivity contribution >= 4 is 28.8 Å². The second-order valence-electron chi connectivity index (χ2n) is 8.96. The van der Waals surface area contributed by atoms with Crippen molar-refractivity contribution in [3.8, 4) is 28.5 Å². The van der Waals surface area contributed by atoms with E-state index >= 15 is 0 Å². The molecule has 0 aliphatic carbocycles. The lowest BCUT2D eigenvalue weighted by atomic mass is 10.1. The lowest BCUT2D eigenvalue weighted by Gasteiger charge is -2.21. The van der Waals surface area contributed by atoms with Crippen molar-refractivity contribution in [1.82, 2.24) is 19.9 Å². The van der Waals surface area contributed by atoms with Gasteiger partial charge in [0.15, 0.2) is 17.1 Å². The Morgan fingerprint density at radius 1 is 1.00 bits per heavy atom. The maximum absolute atomic E-state index is 12.2. The highest BCUT2D eigenvalue weighted by atomic mass is 16.5. The zero-order valence-electron chi connectivity index (χ0n) is 24.0. The molecule has 0 fully saturated rings. The Kier molecular flexibility index (Phi) is 10.9. The summed E-state index contributed by atoms with van der Waals surface area (Å²) in [6.07, 6.45) is 3.12. The Hall–Kier alpha value is -3.86. The van der Waals surface area contributed by atoms with E-state index in [2.05, 4.69) is 41.3 Å². The Morgan fingerprint density at radius 3 is 2.28 bits per heavy atom. The second-order valence-corrected chi connectivity index (χ2v) is 8.96. The van der Waals surface area contributed by atoms with E-state index in [-0.39, 0.29) is 12.6 Å². The zero-order chi connectivity index (χ0) is 28.4. The van der Waals surface area contributed by atoms with Gasteiger partial charge in [0, 0.05) is 17.7 Å². The Labute approximate surface area is 230 Å². The van der Waals surface area contributed by atoms with E-state index in [1.54, 1.807) is 52.6 Å². The second kappa shape index (κ2) is 14.3. The van der Waals surface area contributed by atoms with Crippen molar-refractivity contribution < 1.29 is 23.7 Å². The minimum atomic E-state index is -0.587. The molecule has 0 radical (unpaired) electrons. The molecular weight excluding hydrogens is 500 g/mol. The van der Waals surface area contributed by atoms with Gasteiger partial charge in [-0.15, -0.1) is 0 Å². The number of pyridine rings is 1. The number of nitrogens with zero attached hydrogens (tertiary/aromatic N) is 4. The van der Waals surface area contributed by atoms with Gasteiger partial charge in [0.05, 0.1) is 45.5 Å². The largest absolute Gasteiger partial charge is 0.493 e. The summed E-state index contributed by atoms with van der Waals surface area (Å²) in [6, 6.07) is 5.52. The number of anilines is 2. The third-order valence-corrected chi connectivity index (χ3v) is 6.39. The van der Waals surface area contributed by atoms with Crippen LogP contribution in [0.2, 0.25) is 0 Å². The number of benzene rings is 1. The monoisotopic (exact) mass is 540 g/mol. The van der Waals surface area contributed by atoms with E-state index in [1.165, 1.54) is 0 Å². The average Bonchev–Trinajstić information content (AvgIpc) is 2.94. The number of carbonyl (C=O) groups excluding carboxylic acids is 1. The van der Waals surface area contributed by atoms with Gasteiger partial charge in [-0.3, -0.25) is 5.32 Å². The van der Waals surface area contributed by atoms with Crippen molar-refractivity contribution in [3.05, 3.63) is 24.4 Å². The lowest BCUT2D eigenvalue weighted by Crippen LogP contribution is -2.25. The predicted molar refractivity (Wildman–Crippen MR) is 153 cm³/mol. The van der Waals surface area contributed by atoms with Gasteiger partial charge >= 0.3 is 6.09 Å². The number of hydrogen-bond donors (Lipinski definition) is 2. The third kappa shape index (κ3) is 7.60. The fourth-order valence-electron chi connectivity index (χ4n) is 4.31. The van der Waals surface area contributed by atoms with Crippen LogP contribution in [-0.4, -0.2) is 79.6 Å². The van der Waals surface area contributed by atoms with Gasteiger partial charge in [-0.1, -0.05) is 13.8 Å². The molecule has 0 bridgehead atoms. The molecule has 212 valence electrons. The molecule has 0 aliphatic rings. The molecular formula is C28H40N6O5. The maximum Gasteiger partial charge on any atom is 0.412 e. The summed E-state index contributed by atoms with van der Waals surface area (Å²) in [7, 11) is 4.67. The Bertz CT molecular complexity index is 1230. The fraction of sp³-hybridized carbons (Fsp3) is 0.500. The van der Waals surface area contributed by atoms with Crippen LogP contribution in [0.3, 0.4) is 0 Å². The van der Waals surface area contributed by atoms with E-state index in [0.717, 1.165) is 38.2 Å². The van der Waals surface area contributed by atoms with Crippen molar-refractivity contribution in [1.29, 1.82) is 0 Å².